The van der Waals surface area contributed by atoms with Gasteiger partial charge in [-0.15, -0.1) is 0 Å². The van der Waals surface area contributed by atoms with Gasteiger partial charge < -0.3 is 15.6 Å². The molecule has 0 aliphatic heterocycles. The molecule has 0 saturated heterocycles. The number of nitrogens with one attached hydrogen (secondary N) is 1. The highest BCUT2D eigenvalue weighted by atomic mass is 15.1. The number of aliphatic imine (C=N–C) groups is 1. The first-order valence-electron chi connectivity index (χ1n) is 7.66. The maximum atomic E-state index is 5.88. The van der Waals surface area contributed by atoms with Gasteiger partial charge in [-0.05, 0) is 18.6 Å². The number of fused-ring (bicyclic) bond motifs is 1. The van der Waals surface area contributed by atoms with Crippen molar-refractivity contribution in [3.63, 3.8) is 0 Å². The fourth-order valence-corrected chi connectivity index (χ4v) is 2.32. The molecule has 2 rings (SSSR count). The van der Waals surface area contributed by atoms with Crippen LogP contribution in [0.5, 0.6) is 0 Å². The third kappa shape index (κ3) is 4.21. The van der Waals surface area contributed by atoms with E-state index in [2.05, 4.69) is 32.9 Å². The molecule has 0 aliphatic carbocycles. The van der Waals surface area contributed by atoms with Gasteiger partial charge in [0.25, 0.3) is 0 Å². The summed E-state index contributed by atoms with van der Waals surface area (Å²) in [5.74, 6) is 1.42. The lowest BCUT2D eigenvalue weighted by Crippen LogP contribution is -2.32. The minimum Gasteiger partial charge on any atom is -0.370 e. The van der Waals surface area contributed by atoms with Crippen LogP contribution in [-0.2, 0) is 13.6 Å². The molecule has 1 aromatic carbocycles. The van der Waals surface area contributed by atoms with Gasteiger partial charge in [-0.25, -0.2) is 9.98 Å². The number of para-hydroxylation sites is 2. The number of hydrogen-bond acceptors (Lipinski definition) is 2. The molecule has 0 fully saturated rings. The molecule has 0 unspecified atom stereocenters. The lowest BCUT2D eigenvalue weighted by atomic mass is 10.2. The minimum absolute atomic E-state index is 0.499. The number of nitrogens with zero attached hydrogens (tertiary/aromatic N) is 3. The molecule has 0 atom stereocenters. The Morgan fingerprint density at radius 2 is 2.10 bits per heavy atom. The summed E-state index contributed by atoms with van der Waals surface area (Å²) in [5, 5.41) is 3.16. The predicted molar refractivity (Wildman–Crippen MR) is 88.2 cm³/mol. The predicted octanol–water partition coefficient (Wildman–Crippen LogP) is 2.56. The van der Waals surface area contributed by atoms with Crippen LogP contribution < -0.4 is 11.1 Å². The molecule has 0 bridgehead atoms. The summed E-state index contributed by atoms with van der Waals surface area (Å²) < 4.78 is 2.06. The van der Waals surface area contributed by atoms with Gasteiger partial charge in [0, 0.05) is 13.6 Å². The zero-order chi connectivity index (χ0) is 15.1. The summed E-state index contributed by atoms with van der Waals surface area (Å²) in [4.78, 5) is 8.95. The highest BCUT2D eigenvalue weighted by Gasteiger charge is 2.06. The Kier molecular flexibility index (Phi) is 5.60. The number of aromatic nitrogens is 2. The normalized spacial score (nSPS) is 12.0. The summed E-state index contributed by atoms with van der Waals surface area (Å²) in [5.41, 5.74) is 8.00. The summed E-state index contributed by atoms with van der Waals surface area (Å²) in [6.45, 7) is 3.59. The van der Waals surface area contributed by atoms with E-state index in [1.165, 1.54) is 19.3 Å². The number of aryl methyl sites for hydroxylation is 1. The van der Waals surface area contributed by atoms with E-state index in [9.17, 15) is 0 Å². The molecule has 5 nitrogen and oxygen atoms in total. The minimum atomic E-state index is 0.499. The Morgan fingerprint density at radius 3 is 2.86 bits per heavy atom. The van der Waals surface area contributed by atoms with Crippen LogP contribution in [-0.4, -0.2) is 22.1 Å². The molecule has 0 saturated carbocycles. The Balaban J connectivity index is 1.88. The van der Waals surface area contributed by atoms with E-state index in [0.29, 0.717) is 12.5 Å². The first-order chi connectivity index (χ1) is 10.2. The molecule has 1 heterocycles. The molecule has 114 valence electrons. The molecule has 3 N–H and O–H groups in total. The second-order valence-electron chi connectivity index (χ2n) is 5.26. The van der Waals surface area contributed by atoms with Crippen molar-refractivity contribution in [2.75, 3.05) is 6.54 Å². The van der Waals surface area contributed by atoms with E-state index in [1.807, 2.05) is 25.2 Å². The van der Waals surface area contributed by atoms with Crippen LogP contribution >= 0.6 is 0 Å². The molecule has 21 heavy (non-hydrogen) atoms. The largest absolute Gasteiger partial charge is 0.370 e. The maximum Gasteiger partial charge on any atom is 0.189 e. The van der Waals surface area contributed by atoms with Crippen LogP contribution in [0.25, 0.3) is 11.0 Å². The quantitative estimate of drug-likeness (QED) is 0.467. The van der Waals surface area contributed by atoms with Gasteiger partial charge in [-0.1, -0.05) is 38.3 Å². The molecule has 1 aromatic heterocycles. The summed E-state index contributed by atoms with van der Waals surface area (Å²) >= 11 is 0. The topological polar surface area (TPSA) is 68.2 Å². The molecular formula is C16H25N5. The SMILES string of the molecule is CCCCCCNC(N)=NCc1nc2ccccc2n1C. The molecule has 2 aromatic rings. The van der Waals surface area contributed by atoms with Crippen molar-refractivity contribution in [3.8, 4) is 0 Å². The van der Waals surface area contributed by atoms with Crippen LogP contribution in [0.15, 0.2) is 29.3 Å². The highest BCUT2D eigenvalue weighted by molar-refractivity contribution is 5.78. The molecular weight excluding hydrogens is 262 g/mol. The van der Waals surface area contributed by atoms with Gasteiger partial charge in [0.1, 0.15) is 12.4 Å². The smallest absolute Gasteiger partial charge is 0.189 e. The Hall–Kier alpha value is -2.04. The number of nitrogens with two attached hydrogens (primary N) is 1. The molecule has 0 spiro atoms. The maximum absolute atomic E-state index is 5.88. The van der Waals surface area contributed by atoms with Crippen LogP contribution in [0.2, 0.25) is 0 Å². The van der Waals surface area contributed by atoms with E-state index in [4.69, 9.17) is 5.73 Å². The summed E-state index contributed by atoms with van der Waals surface area (Å²) in [7, 11) is 2.01. The average Bonchev–Trinajstić information content (AvgIpc) is 2.82. The van der Waals surface area contributed by atoms with E-state index in [1.54, 1.807) is 0 Å². The number of imidazole rings is 1. The summed E-state index contributed by atoms with van der Waals surface area (Å²) in [6, 6.07) is 8.08. The lowest BCUT2D eigenvalue weighted by molar-refractivity contribution is 0.651. The molecule has 5 heteroatoms. The zero-order valence-electron chi connectivity index (χ0n) is 13.0. The van der Waals surface area contributed by atoms with Gasteiger partial charge in [0.15, 0.2) is 5.96 Å². The number of unbranched alkanes of at least 4 members (excludes halogenated alkanes) is 3. The van der Waals surface area contributed by atoms with Crippen molar-refractivity contribution < 1.29 is 0 Å². The van der Waals surface area contributed by atoms with Crippen molar-refractivity contribution in [1.82, 2.24) is 14.9 Å². The van der Waals surface area contributed by atoms with E-state index in [0.717, 1.165) is 29.8 Å². The second kappa shape index (κ2) is 7.67. The fraction of sp³-hybridized carbons (Fsp3) is 0.500. The van der Waals surface area contributed by atoms with Crippen molar-refractivity contribution in [2.45, 2.75) is 39.2 Å². The lowest BCUT2D eigenvalue weighted by Gasteiger charge is -2.05. The number of rotatable bonds is 7. The standard InChI is InChI=1S/C16H25N5/c1-3-4-5-8-11-18-16(17)19-12-15-20-13-9-6-7-10-14(13)21(15)2/h6-7,9-10H,3-5,8,11-12H2,1-2H3,(H3,17,18,19). The van der Waals surface area contributed by atoms with Crippen LogP contribution in [0, 0.1) is 0 Å². The third-order valence-corrected chi connectivity index (χ3v) is 3.61. The molecule has 0 amide bonds. The average molecular weight is 287 g/mol. The first kappa shape index (κ1) is 15.4. The molecule has 0 aliphatic rings. The van der Waals surface area contributed by atoms with Crippen molar-refractivity contribution >= 4 is 17.0 Å². The van der Waals surface area contributed by atoms with Crippen LogP contribution in [0.3, 0.4) is 0 Å². The zero-order valence-corrected chi connectivity index (χ0v) is 13.0. The molecule has 0 radical (unpaired) electrons. The number of benzene rings is 1. The van der Waals surface area contributed by atoms with Crippen LogP contribution in [0.1, 0.15) is 38.4 Å². The van der Waals surface area contributed by atoms with Crippen molar-refractivity contribution in [1.29, 1.82) is 0 Å². The van der Waals surface area contributed by atoms with Gasteiger partial charge >= 0.3 is 0 Å². The van der Waals surface area contributed by atoms with Gasteiger partial charge in [-0.3, -0.25) is 0 Å². The third-order valence-electron chi connectivity index (χ3n) is 3.61. The fourth-order valence-electron chi connectivity index (χ4n) is 2.32. The Labute approximate surface area is 126 Å². The van der Waals surface area contributed by atoms with Crippen molar-refractivity contribution in [3.05, 3.63) is 30.1 Å². The van der Waals surface area contributed by atoms with Gasteiger partial charge in [0.05, 0.1) is 11.0 Å². The Morgan fingerprint density at radius 1 is 1.29 bits per heavy atom. The number of guanidine groups is 1. The van der Waals surface area contributed by atoms with Crippen LogP contribution in [0.4, 0.5) is 0 Å². The first-order valence-corrected chi connectivity index (χ1v) is 7.66. The van der Waals surface area contributed by atoms with Gasteiger partial charge in [-0.2, -0.15) is 0 Å². The summed E-state index contributed by atoms with van der Waals surface area (Å²) in [6.07, 6.45) is 4.90. The van der Waals surface area contributed by atoms with E-state index >= 15 is 0 Å². The monoisotopic (exact) mass is 287 g/mol. The van der Waals surface area contributed by atoms with E-state index in [-0.39, 0.29) is 0 Å². The highest BCUT2D eigenvalue weighted by Crippen LogP contribution is 2.14. The van der Waals surface area contributed by atoms with Gasteiger partial charge in [0.2, 0.25) is 0 Å². The van der Waals surface area contributed by atoms with Crippen molar-refractivity contribution in [2.24, 2.45) is 17.8 Å². The number of hydrogen-bond donors (Lipinski definition) is 2. The second-order valence-corrected chi connectivity index (χ2v) is 5.26. The Bertz CT molecular complexity index is 600. The van der Waals surface area contributed by atoms with E-state index < -0.39 is 0 Å².